The maximum absolute atomic E-state index is 9.81. The summed E-state index contributed by atoms with van der Waals surface area (Å²) in [4.78, 5) is 0. The average molecular weight is 182 g/mol. The van der Waals surface area contributed by atoms with Crippen molar-refractivity contribution in [2.24, 2.45) is 0 Å². The number of aryl methyl sites for hydroxylation is 1. The van der Waals surface area contributed by atoms with Crippen molar-refractivity contribution in [2.45, 2.75) is 32.0 Å². The number of aliphatic hydroxyl groups is 1. The Hall–Kier alpha value is -0.800. The van der Waals surface area contributed by atoms with Gasteiger partial charge in [-0.2, -0.15) is 0 Å². The fraction of sp³-hybridized carbons (Fsp3) is 0.600. The van der Waals surface area contributed by atoms with Crippen LogP contribution >= 0.6 is 0 Å². The van der Waals surface area contributed by atoms with Gasteiger partial charge in [-0.15, -0.1) is 0 Å². The molecular formula is C10H14O3. The molecule has 0 aliphatic carbocycles. The molecule has 0 amide bonds. The molecule has 2 unspecified atom stereocenters. The molecule has 3 heteroatoms. The van der Waals surface area contributed by atoms with Crippen LogP contribution in [0.15, 0.2) is 16.5 Å². The third-order valence-electron chi connectivity index (χ3n) is 2.37. The molecule has 0 bridgehead atoms. The zero-order valence-electron chi connectivity index (χ0n) is 7.69. The van der Waals surface area contributed by atoms with Gasteiger partial charge < -0.3 is 14.3 Å². The van der Waals surface area contributed by atoms with E-state index < -0.39 is 6.10 Å². The molecule has 2 rings (SSSR count). The van der Waals surface area contributed by atoms with Crippen molar-refractivity contribution in [3.63, 3.8) is 0 Å². The van der Waals surface area contributed by atoms with E-state index in [1.165, 1.54) is 0 Å². The first-order chi connectivity index (χ1) is 6.27. The van der Waals surface area contributed by atoms with Gasteiger partial charge in [0.1, 0.15) is 17.6 Å². The van der Waals surface area contributed by atoms with Gasteiger partial charge >= 0.3 is 0 Å². The molecular weight excluding hydrogens is 168 g/mol. The Morgan fingerprint density at radius 3 is 2.92 bits per heavy atom. The van der Waals surface area contributed by atoms with Crippen LogP contribution in [0.25, 0.3) is 0 Å². The Kier molecular flexibility index (Phi) is 2.38. The number of rotatable bonds is 2. The summed E-state index contributed by atoms with van der Waals surface area (Å²) in [5, 5.41) is 9.81. The molecule has 13 heavy (non-hydrogen) atoms. The summed E-state index contributed by atoms with van der Waals surface area (Å²) in [5.74, 6) is 1.44. The van der Waals surface area contributed by atoms with E-state index in [1.54, 1.807) is 0 Å². The average Bonchev–Trinajstić information content (AvgIpc) is 2.72. The van der Waals surface area contributed by atoms with E-state index in [2.05, 4.69) is 0 Å². The van der Waals surface area contributed by atoms with E-state index in [0.717, 1.165) is 25.2 Å². The van der Waals surface area contributed by atoms with Gasteiger partial charge in [0.15, 0.2) is 0 Å². The maximum atomic E-state index is 9.81. The van der Waals surface area contributed by atoms with Gasteiger partial charge in [0.2, 0.25) is 0 Å². The molecule has 1 N–H and O–H groups in total. The summed E-state index contributed by atoms with van der Waals surface area (Å²) in [7, 11) is 0. The van der Waals surface area contributed by atoms with Crippen molar-refractivity contribution in [2.75, 3.05) is 6.61 Å². The lowest BCUT2D eigenvalue weighted by molar-refractivity contribution is -0.0134. The quantitative estimate of drug-likeness (QED) is 0.758. The summed E-state index contributed by atoms with van der Waals surface area (Å²) in [6.07, 6.45) is 1.27. The Bertz CT molecular complexity index is 273. The highest BCUT2D eigenvalue weighted by molar-refractivity contribution is 5.09. The first-order valence-corrected chi connectivity index (χ1v) is 4.63. The van der Waals surface area contributed by atoms with E-state index in [1.807, 2.05) is 19.1 Å². The van der Waals surface area contributed by atoms with Crippen LogP contribution in [0.1, 0.15) is 30.5 Å². The fourth-order valence-electron chi connectivity index (χ4n) is 1.65. The van der Waals surface area contributed by atoms with Crippen LogP contribution in [0.4, 0.5) is 0 Å². The molecule has 3 nitrogen and oxygen atoms in total. The second kappa shape index (κ2) is 3.52. The van der Waals surface area contributed by atoms with Crippen molar-refractivity contribution in [3.8, 4) is 0 Å². The smallest absolute Gasteiger partial charge is 0.138 e. The Morgan fingerprint density at radius 1 is 1.54 bits per heavy atom. The van der Waals surface area contributed by atoms with E-state index >= 15 is 0 Å². The van der Waals surface area contributed by atoms with Gasteiger partial charge in [-0.25, -0.2) is 0 Å². The molecule has 0 radical (unpaired) electrons. The third kappa shape index (κ3) is 1.76. The zero-order chi connectivity index (χ0) is 9.26. The van der Waals surface area contributed by atoms with E-state index in [9.17, 15) is 5.11 Å². The summed E-state index contributed by atoms with van der Waals surface area (Å²) in [6.45, 7) is 2.62. The van der Waals surface area contributed by atoms with Crippen molar-refractivity contribution in [3.05, 3.63) is 23.7 Å². The first-order valence-electron chi connectivity index (χ1n) is 4.63. The van der Waals surface area contributed by atoms with Crippen LogP contribution < -0.4 is 0 Å². The topological polar surface area (TPSA) is 42.6 Å². The van der Waals surface area contributed by atoms with Gasteiger partial charge in [0, 0.05) is 6.61 Å². The molecule has 2 atom stereocenters. The minimum absolute atomic E-state index is 0.0782. The molecule has 0 saturated carbocycles. The minimum Gasteiger partial charge on any atom is -0.464 e. The highest BCUT2D eigenvalue weighted by atomic mass is 16.5. The number of furan rings is 1. The first kappa shape index (κ1) is 8.78. The van der Waals surface area contributed by atoms with Gasteiger partial charge in [0.25, 0.3) is 0 Å². The predicted octanol–water partition coefficient (Wildman–Crippen LogP) is 1.80. The monoisotopic (exact) mass is 182 g/mol. The van der Waals surface area contributed by atoms with Gasteiger partial charge in [-0.3, -0.25) is 0 Å². The second-order valence-electron chi connectivity index (χ2n) is 3.44. The predicted molar refractivity (Wildman–Crippen MR) is 47.4 cm³/mol. The molecule has 1 aliphatic rings. The number of ether oxygens (including phenoxy) is 1. The molecule has 1 aromatic rings. The standard InChI is InChI=1S/C10H14O3/c1-7-4-5-9(13-7)10(11)8-3-2-6-12-8/h4-5,8,10-11H,2-3,6H2,1H3. The lowest BCUT2D eigenvalue weighted by atomic mass is 10.1. The van der Waals surface area contributed by atoms with Crippen LogP contribution in [-0.2, 0) is 4.74 Å². The zero-order valence-corrected chi connectivity index (χ0v) is 7.69. The van der Waals surface area contributed by atoms with Gasteiger partial charge in [0.05, 0.1) is 6.10 Å². The number of hydrogen-bond acceptors (Lipinski definition) is 3. The van der Waals surface area contributed by atoms with Crippen LogP contribution in [0.5, 0.6) is 0 Å². The highest BCUT2D eigenvalue weighted by Gasteiger charge is 2.27. The molecule has 1 saturated heterocycles. The van der Waals surface area contributed by atoms with E-state index in [0.29, 0.717) is 5.76 Å². The van der Waals surface area contributed by atoms with Gasteiger partial charge in [-0.05, 0) is 31.9 Å². The summed E-state index contributed by atoms with van der Waals surface area (Å²) in [5.41, 5.74) is 0. The summed E-state index contributed by atoms with van der Waals surface area (Å²) >= 11 is 0. The van der Waals surface area contributed by atoms with Crippen molar-refractivity contribution in [1.82, 2.24) is 0 Å². The summed E-state index contributed by atoms with van der Waals surface area (Å²) in [6, 6.07) is 3.66. The maximum Gasteiger partial charge on any atom is 0.138 e. The van der Waals surface area contributed by atoms with Crippen molar-refractivity contribution < 1.29 is 14.3 Å². The van der Waals surface area contributed by atoms with Crippen molar-refractivity contribution >= 4 is 0 Å². The second-order valence-corrected chi connectivity index (χ2v) is 3.44. The van der Waals surface area contributed by atoms with Gasteiger partial charge in [-0.1, -0.05) is 0 Å². The normalized spacial score (nSPS) is 24.9. The third-order valence-corrected chi connectivity index (χ3v) is 2.37. The number of hydrogen-bond donors (Lipinski definition) is 1. The highest BCUT2D eigenvalue weighted by Crippen LogP contribution is 2.27. The molecule has 1 aromatic heterocycles. The lowest BCUT2D eigenvalue weighted by Crippen LogP contribution is -2.16. The molecule has 72 valence electrons. The minimum atomic E-state index is -0.601. The van der Waals surface area contributed by atoms with E-state index in [-0.39, 0.29) is 6.10 Å². The molecule has 1 fully saturated rings. The largest absolute Gasteiger partial charge is 0.464 e. The molecule has 0 aromatic carbocycles. The fourth-order valence-corrected chi connectivity index (χ4v) is 1.65. The van der Waals surface area contributed by atoms with Crippen LogP contribution in [0.3, 0.4) is 0 Å². The number of aliphatic hydroxyl groups excluding tert-OH is 1. The van der Waals surface area contributed by atoms with Crippen LogP contribution in [-0.4, -0.2) is 17.8 Å². The van der Waals surface area contributed by atoms with Crippen LogP contribution in [0.2, 0.25) is 0 Å². The molecule has 0 spiro atoms. The summed E-state index contributed by atoms with van der Waals surface area (Å²) < 4.78 is 10.7. The molecule has 2 heterocycles. The Labute approximate surface area is 77.3 Å². The molecule has 1 aliphatic heterocycles. The van der Waals surface area contributed by atoms with Crippen LogP contribution in [0, 0.1) is 6.92 Å². The SMILES string of the molecule is Cc1ccc(C(O)C2CCCO2)o1. The Morgan fingerprint density at radius 2 is 2.38 bits per heavy atom. The van der Waals surface area contributed by atoms with Crippen molar-refractivity contribution in [1.29, 1.82) is 0 Å². The lowest BCUT2D eigenvalue weighted by Gasteiger charge is -2.14. The Balaban J connectivity index is 2.07. The van der Waals surface area contributed by atoms with E-state index in [4.69, 9.17) is 9.15 Å².